The van der Waals surface area contributed by atoms with Gasteiger partial charge in [-0.2, -0.15) is 0 Å². The van der Waals surface area contributed by atoms with E-state index in [4.69, 9.17) is 0 Å². The highest BCUT2D eigenvalue weighted by atomic mass is 32.2. The number of rotatable bonds is 5. The number of carbonyl (C=O) groups is 1. The zero-order valence-corrected chi connectivity index (χ0v) is 10.8. The summed E-state index contributed by atoms with van der Waals surface area (Å²) in [5.74, 6) is 0.516. The standard InChI is InChI=1S/C13H12O2S2/c14-12(13-7-4-8-16-13)10-17(15)9-11-5-2-1-3-6-11/h1-8H,9-10H2. The van der Waals surface area contributed by atoms with Crippen molar-refractivity contribution in [3.05, 3.63) is 58.3 Å². The minimum absolute atomic E-state index is 0.0331. The second-order valence-corrected chi connectivity index (χ2v) is 6.02. The highest BCUT2D eigenvalue weighted by Crippen LogP contribution is 2.11. The maximum Gasteiger partial charge on any atom is 0.185 e. The lowest BCUT2D eigenvalue weighted by Crippen LogP contribution is -2.11. The van der Waals surface area contributed by atoms with Crippen molar-refractivity contribution in [2.75, 3.05) is 5.75 Å². The maximum absolute atomic E-state index is 11.8. The second-order valence-electron chi connectivity index (χ2n) is 3.61. The van der Waals surface area contributed by atoms with Crippen LogP contribution in [0.2, 0.25) is 0 Å². The molecule has 0 aliphatic heterocycles. The Bertz CT molecular complexity index is 503. The fraction of sp³-hybridized carbons (Fsp3) is 0.154. The molecule has 0 spiro atoms. The molecule has 0 bridgehead atoms. The van der Waals surface area contributed by atoms with Crippen LogP contribution in [0.3, 0.4) is 0 Å². The average molecular weight is 264 g/mol. The van der Waals surface area contributed by atoms with E-state index in [0.717, 1.165) is 5.56 Å². The van der Waals surface area contributed by atoms with E-state index in [0.29, 0.717) is 10.6 Å². The molecule has 1 aromatic heterocycles. The van der Waals surface area contributed by atoms with Crippen LogP contribution in [0, 0.1) is 0 Å². The van der Waals surface area contributed by atoms with Gasteiger partial charge in [0.1, 0.15) is 0 Å². The normalized spacial score (nSPS) is 12.2. The summed E-state index contributed by atoms with van der Waals surface area (Å²) in [4.78, 5) is 12.4. The Labute approximate surface area is 107 Å². The molecule has 1 heterocycles. The van der Waals surface area contributed by atoms with Gasteiger partial charge in [0.2, 0.25) is 0 Å². The van der Waals surface area contributed by atoms with Crippen LogP contribution in [0.5, 0.6) is 0 Å². The van der Waals surface area contributed by atoms with Crippen LogP contribution < -0.4 is 0 Å². The fourth-order valence-corrected chi connectivity index (χ4v) is 3.34. The molecule has 4 heteroatoms. The Morgan fingerprint density at radius 1 is 1.12 bits per heavy atom. The first-order valence-corrected chi connectivity index (χ1v) is 7.58. The molecule has 0 fully saturated rings. The van der Waals surface area contributed by atoms with Gasteiger partial charge in [-0.05, 0) is 17.0 Å². The van der Waals surface area contributed by atoms with E-state index in [1.54, 1.807) is 6.07 Å². The predicted molar refractivity (Wildman–Crippen MR) is 71.8 cm³/mol. The molecule has 0 saturated carbocycles. The molecular weight excluding hydrogens is 252 g/mol. The van der Waals surface area contributed by atoms with Crippen LogP contribution in [-0.4, -0.2) is 15.7 Å². The monoisotopic (exact) mass is 264 g/mol. The number of carbonyl (C=O) groups excluding carboxylic acids is 1. The van der Waals surface area contributed by atoms with Crippen LogP contribution in [0.15, 0.2) is 47.8 Å². The van der Waals surface area contributed by atoms with Gasteiger partial charge < -0.3 is 0 Å². The van der Waals surface area contributed by atoms with Gasteiger partial charge in [-0.15, -0.1) is 11.3 Å². The molecule has 1 unspecified atom stereocenters. The molecular formula is C13H12O2S2. The minimum Gasteiger partial charge on any atom is -0.292 e. The van der Waals surface area contributed by atoms with Crippen molar-refractivity contribution in [3.63, 3.8) is 0 Å². The van der Waals surface area contributed by atoms with Crippen molar-refractivity contribution < 1.29 is 9.00 Å². The summed E-state index contributed by atoms with van der Waals surface area (Å²) in [6.07, 6.45) is 0. The largest absolute Gasteiger partial charge is 0.292 e. The third kappa shape index (κ3) is 3.61. The lowest BCUT2D eigenvalue weighted by atomic mass is 10.2. The van der Waals surface area contributed by atoms with E-state index in [2.05, 4.69) is 0 Å². The number of ketones is 1. The molecule has 0 N–H and O–H groups in total. The SMILES string of the molecule is O=C(CS(=O)Cc1ccccc1)c1cccs1. The topological polar surface area (TPSA) is 34.1 Å². The van der Waals surface area contributed by atoms with Gasteiger partial charge in [-0.3, -0.25) is 9.00 Å². The average Bonchev–Trinajstić information content (AvgIpc) is 2.83. The Balaban J connectivity index is 1.92. The van der Waals surface area contributed by atoms with Gasteiger partial charge in [0.05, 0.1) is 10.6 Å². The fourth-order valence-electron chi connectivity index (χ4n) is 1.47. The van der Waals surface area contributed by atoms with E-state index in [1.807, 2.05) is 41.8 Å². The zero-order chi connectivity index (χ0) is 12.1. The molecule has 88 valence electrons. The smallest absolute Gasteiger partial charge is 0.185 e. The van der Waals surface area contributed by atoms with Crippen LogP contribution in [0.4, 0.5) is 0 Å². The summed E-state index contributed by atoms with van der Waals surface area (Å²) in [5.41, 5.74) is 1.00. The van der Waals surface area contributed by atoms with Crippen molar-refractivity contribution in [2.24, 2.45) is 0 Å². The second kappa shape index (κ2) is 5.89. The Hall–Kier alpha value is -1.26. The van der Waals surface area contributed by atoms with E-state index >= 15 is 0 Å². The first-order valence-electron chi connectivity index (χ1n) is 5.21. The van der Waals surface area contributed by atoms with Crippen LogP contribution in [0.25, 0.3) is 0 Å². The molecule has 2 nitrogen and oxygen atoms in total. The first-order chi connectivity index (χ1) is 8.25. The van der Waals surface area contributed by atoms with Crippen LogP contribution >= 0.6 is 11.3 Å². The Kier molecular flexibility index (Phi) is 4.23. The molecule has 0 radical (unpaired) electrons. The zero-order valence-electron chi connectivity index (χ0n) is 9.17. The summed E-state index contributed by atoms with van der Waals surface area (Å²) in [5, 5.41) is 1.85. The molecule has 0 saturated heterocycles. The highest BCUT2D eigenvalue weighted by Gasteiger charge is 2.11. The van der Waals surface area contributed by atoms with Gasteiger partial charge in [0.25, 0.3) is 0 Å². The number of hydrogen-bond acceptors (Lipinski definition) is 3. The van der Waals surface area contributed by atoms with Crippen molar-refractivity contribution in [3.8, 4) is 0 Å². The van der Waals surface area contributed by atoms with Crippen molar-refractivity contribution >= 4 is 27.9 Å². The van der Waals surface area contributed by atoms with E-state index < -0.39 is 10.8 Å². The summed E-state index contributed by atoms with van der Waals surface area (Å²) >= 11 is 1.40. The van der Waals surface area contributed by atoms with Gasteiger partial charge in [-0.1, -0.05) is 36.4 Å². The number of thiophene rings is 1. The van der Waals surface area contributed by atoms with Crippen molar-refractivity contribution in [1.29, 1.82) is 0 Å². The third-order valence-corrected chi connectivity index (χ3v) is 4.41. The van der Waals surface area contributed by atoms with E-state index in [-0.39, 0.29) is 11.5 Å². The van der Waals surface area contributed by atoms with Gasteiger partial charge >= 0.3 is 0 Å². The molecule has 0 aliphatic carbocycles. The number of hydrogen-bond donors (Lipinski definition) is 0. The minimum atomic E-state index is -1.13. The quantitative estimate of drug-likeness (QED) is 0.778. The molecule has 0 aliphatic rings. The molecule has 1 atom stereocenters. The van der Waals surface area contributed by atoms with Crippen molar-refractivity contribution in [1.82, 2.24) is 0 Å². The van der Waals surface area contributed by atoms with Gasteiger partial charge in [-0.25, -0.2) is 0 Å². The molecule has 17 heavy (non-hydrogen) atoms. The van der Waals surface area contributed by atoms with Gasteiger partial charge in [0, 0.05) is 16.6 Å². The van der Waals surface area contributed by atoms with E-state index in [1.165, 1.54) is 11.3 Å². The summed E-state index contributed by atoms with van der Waals surface area (Å²) in [6, 6.07) is 13.2. The van der Waals surface area contributed by atoms with Crippen molar-refractivity contribution in [2.45, 2.75) is 5.75 Å². The molecule has 1 aromatic carbocycles. The molecule has 2 aromatic rings. The maximum atomic E-state index is 11.8. The lowest BCUT2D eigenvalue weighted by molar-refractivity contribution is 0.102. The number of Topliss-reactive ketones (excluding diaryl/α,β-unsaturated/α-hetero) is 1. The number of benzene rings is 1. The Morgan fingerprint density at radius 2 is 1.88 bits per heavy atom. The highest BCUT2D eigenvalue weighted by molar-refractivity contribution is 7.85. The summed E-state index contributed by atoms with van der Waals surface area (Å²) < 4.78 is 11.8. The lowest BCUT2D eigenvalue weighted by Gasteiger charge is -2.01. The predicted octanol–water partition coefficient (Wildman–Crippen LogP) is 2.88. The molecule has 0 amide bonds. The summed E-state index contributed by atoms with van der Waals surface area (Å²) in [7, 11) is -1.13. The summed E-state index contributed by atoms with van der Waals surface area (Å²) in [6.45, 7) is 0. The Morgan fingerprint density at radius 3 is 2.53 bits per heavy atom. The van der Waals surface area contributed by atoms with Gasteiger partial charge in [0.15, 0.2) is 5.78 Å². The third-order valence-electron chi connectivity index (χ3n) is 2.26. The molecule has 2 rings (SSSR count). The first kappa shape index (κ1) is 12.2. The van der Waals surface area contributed by atoms with Crippen LogP contribution in [0.1, 0.15) is 15.2 Å². The van der Waals surface area contributed by atoms with Crippen LogP contribution in [-0.2, 0) is 16.6 Å². The van der Waals surface area contributed by atoms with E-state index in [9.17, 15) is 9.00 Å².